The second kappa shape index (κ2) is 7.77. The molecule has 1 aliphatic rings. The molecule has 1 heterocycles. The van der Waals surface area contributed by atoms with E-state index >= 15 is 0 Å². The number of nitrogens with zero attached hydrogens (tertiary/aromatic N) is 1. The van der Waals surface area contributed by atoms with E-state index in [2.05, 4.69) is 48.3 Å². The zero-order valence-corrected chi connectivity index (χ0v) is 12.8. The highest BCUT2D eigenvalue weighted by Crippen LogP contribution is 2.16. The van der Waals surface area contributed by atoms with E-state index in [1.54, 1.807) is 0 Å². The molecule has 1 aromatic rings. The van der Waals surface area contributed by atoms with Gasteiger partial charge in [-0.15, -0.1) is 0 Å². The molecule has 0 spiro atoms. The van der Waals surface area contributed by atoms with E-state index in [0.29, 0.717) is 6.04 Å². The second-order valence-corrected chi connectivity index (χ2v) is 5.96. The Morgan fingerprint density at radius 3 is 2.70 bits per heavy atom. The summed E-state index contributed by atoms with van der Waals surface area (Å²) >= 11 is 0. The van der Waals surface area contributed by atoms with E-state index in [-0.39, 0.29) is 6.10 Å². The molecule has 0 saturated carbocycles. The number of nitrogens with one attached hydrogen (secondary N) is 1. The van der Waals surface area contributed by atoms with Crippen molar-refractivity contribution in [3.05, 3.63) is 35.4 Å². The third kappa shape index (κ3) is 4.58. The van der Waals surface area contributed by atoms with E-state index in [1.807, 2.05) is 0 Å². The van der Waals surface area contributed by atoms with Crippen LogP contribution in [0.2, 0.25) is 0 Å². The van der Waals surface area contributed by atoms with E-state index in [0.717, 1.165) is 39.0 Å². The summed E-state index contributed by atoms with van der Waals surface area (Å²) in [4.78, 5) is 2.47. The van der Waals surface area contributed by atoms with Crippen LogP contribution in [0.15, 0.2) is 24.3 Å². The molecule has 0 radical (unpaired) electrons. The molecule has 1 fully saturated rings. The van der Waals surface area contributed by atoms with Gasteiger partial charge in [0.05, 0.1) is 6.10 Å². The fourth-order valence-corrected chi connectivity index (χ4v) is 2.95. The minimum absolute atomic E-state index is 0.0644. The van der Waals surface area contributed by atoms with Crippen LogP contribution in [-0.2, 0) is 0 Å². The lowest BCUT2D eigenvalue weighted by molar-refractivity contribution is 0.0820. The van der Waals surface area contributed by atoms with Gasteiger partial charge in [-0.2, -0.15) is 0 Å². The van der Waals surface area contributed by atoms with Gasteiger partial charge in [-0.3, -0.25) is 0 Å². The third-order valence-electron chi connectivity index (χ3n) is 4.31. The monoisotopic (exact) mass is 276 g/mol. The van der Waals surface area contributed by atoms with Crippen LogP contribution in [0.3, 0.4) is 0 Å². The number of benzene rings is 1. The standard InChI is InChI=1S/C17H28N2O/c1-14-6-3-4-7-17(14)15(2)18-10-5-11-19-12-8-16(20)9-13-19/h3-4,6-7,15-16,18,20H,5,8-13H2,1-2H3. The fourth-order valence-electron chi connectivity index (χ4n) is 2.95. The van der Waals surface area contributed by atoms with Crippen molar-refractivity contribution >= 4 is 0 Å². The first-order chi connectivity index (χ1) is 9.66. The number of hydrogen-bond acceptors (Lipinski definition) is 3. The largest absolute Gasteiger partial charge is 0.393 e. The quantitative estimate of drug-likeness (QED) is 0.784. The second-order valence-electron chi connectivity index (χ2n) is 5.96. The smallest absolute Gasteiger partial charge is 0.0564 e. The predicted molar refractivity (Wildman–Crippen MR) is 83.9 cm³/mol. The molecular weight excluding hydrogens is 248 g/mol. The fraction of sp³-hybridized carbons (Fsp3) is 0.647. The lowest BCUT2D eigenvalue weighted by atomic mass is 10.0. The molecule has 3 heteroatoms. The topological polar surface area (TPSA) is 35.5 Å². The number of likely N-dealkylation sites (tertiary alicyclic amines) is 1. The van der Waals surface area contributed by atoms with Crippen molar-refractivity contribution < 1.29 is 5.11 Å². The van der Waals surface area contributed by atoms with Crippen molar-refractivity contribution in [3.63, 3.8) is 0 Å². The van der Waals surface area contributed by atoms with Crippen LogP contribution in [0.25, 0.3) is 0 Å². The molecule has 112 valence electrons. The minimum Gasteiger partial charge on any atom is -0.393 e. The van der Waals surface area contributed by atoms with Crippen molar-refractivity contribution in [2.45, 2.75) is 45.3 Å². The van der Waals surface area contributed by atoms with Crippen molar-refractivity contribution in [1.29, 1.82) is 0 Å². The van der Waals surface area contributed by atoms with Crippen LogP contribution in [0.4, 0.5) is 0 Å². The Labute approximate surface area is 123 Å². The first-order valence-corrected chi connectivity index (χ1v) is 7.86. The minimum atomic E-state index is -0.0644. The highest BCUT2D eigenvalue weighted by atomic mass is 16.3. The Hall–Kier alpha value is -0.900. The molecule has 20 heavy (non-hydrogen) atoms. The Balaban J connectivity index is 1.65. The summed E-state index contributed by atoms with van der Waals surface area (Å²) in [5.41, 5.74) is 2.76. The van der Waals surface area contributed by atoms with Crippen LogP contribution in [-0.4, -0.2) is 42.3 Å². The Morgan fingerprint density at radius 1 is 1.30 bits per heavy atom. The summed E-state index contributed by atoms with van der Waals surface area (Å²) in [6.45, 7) is 8.70. The molecule has 0 amide bonds. The van der Waals surface area contributed by atoms with E-state index in [4.69, 9.17) is 0 Å². The third-order valence-corrected chi connectivity index (χ3v) is 4.31. The maximum Gasteiger partial charge on any atom is 0.0564 e. The molecule has 1 atom stereocenters. The number of piperidine rings is 1. The molecule has 0 aliphatic carbocycles. The van der Waals surface area contributed by atoms with E-state index in [9.17, 15) is 5.11 Å². The molecular formula is C17H28N2O. The Kier molecular flexibility index (Phi) is 6.02. The van der Waals surface area contributed by atoms with Crippen molar-refractivity contribution in [3.8, 4) is 0 Å². The molecule has 0 aromatic heterocycles. The summed E-state index contributed by atoms with van der Waals surface area (Å²) < 4.78 is 0. The molecule has 1 aliphatic heterocycles. The zero-order chi connectivity index (χ0) is 14.4. The number of hydrogen-bond donors (Lipinski definition) is 2. The Morgan fingerprint density at radius 2 is 2.00 bits per heavy atom. The number of aryl methyl sites for hydroxylation is 1. The predicted octanol–water partition coefficient (Wildman–Crippen LogP) is 2.49. The van der Waals surface area contributed by atoms with Gasteiger partial charge in [-0.25, -0.2) is 0 Å². The normalized spacial score (nSPS) is 19.1. The van der Waals surface area contributed by atoms with Gasteiger partial charge < -0.3 is 15.3 Å². The molecule has 1 unspecified atom stereocenters. The van der Waals surface area contributed by atoms with Crippen LogP contribution in [0.1, 0.15) is 43.4 Å². The summed E-state index contributed by atoms with van der Waals surface area (Å²) in [7, 11) is 0. The first-order valence-electron chi connectivity index (χ1n) is 7.86. The zero-order valence-electron chi connectivity index (χ0n) is 12.8. The van der Waals surface area contributed by atoms with Crippen molar-refractivity contribution in [1.82, 2.24) is 10.2 Å². The molecule has 0 bridgehead atoms. The highest BCUT2D eigenvalue weighted by Gasteiger charge is 2.16. The van der Waals surface area contributed by atoms with Crippen LogP contribution < -0.4 is 5.32 Å². The summed E-state index contributed by atoms with van der Waals surface area (Å²) in [6, 6.07) is 9.00. The first kappa shape index (κ1) is 15.5. The van der Waals surface area contributed by atoms with Crippen LogP contribution in [0, 0.1) is 6.92 Å². The number of rotatable bonds is 6. The molecule has 1 aromatic carbocycles. The molecule has 2 N–H and O–H groups in total. The summed E-state index contributed by atoms with van der Waals surface area (Å²) in [5.74, 6) is 0. The van der Waals surface area contributed by atoms with Gasteiger partial charge in [0.1, 0.15) is 0 Å². The molecule has 1 saturated heterocycles. The van der Waals surface area contributed by atoms with Crippen molar-refractivity contribution in [2.75, 3.05) is 26.2 Å². The summed E-state index contributed by atoms with van der Waals surface area (Å²) in [5, 5.41) is 13.1. The Bertz CT molecular complexity index is 400. The molecule has 3 nitrogen and oxygen atoms in total. The van der Waals surface area contributed by atoms with Crippen LogP contribution in [0.5, 0.6) is 0 Å². The van der Waals surface area contributed by atoms with E-state index < -0.39 is 0 Å². The highest BCUT2D eigenvalue weighted by molar-refractivity contribution is 5.28. The van der Waals surface area contributed by atoms with Gasteiger partial charge >= 0.3 is 0 Å². The van der Waals surface area contributed by atoms with Gasteiger partial charge in [0.15, 0.2) is 0 Å². The van der Waals surface area contributed by atoms with Crippen LogP contribution >= 0.6 is 0 Å². The summed E-state index contributed by atoms with van der Waals surface area (Å²) in [6.07, 6.45) is 2.98. The average molecular weight is 276 g/mol. The number of aliphatic hydroxyl groups excluding tert-OH is 1. The van der Waals surface area contributed by atoms with E-state index in [1.165, 1.54) is 17.5 Å². The van der Waals surface area contributed by atoms with Gasteiger partial charge in [-0.1, -0.05) is 24.3 Å². The van der Waals surface area contributed by atoms with Gasteiger partial charge in [0.2, 0.25) is 0 Å². The number of aliphatic hydroxyl groups is 1. The lowest BCUT2D eigenvalue weighted by Gasteiger charge is -2.29. The maximum absolute atomic E-state index is 9.48. The van der Waals surface area contributed by atoms with Gasteiger partial charge in [-0.05, 0) is 57.3 Å². The maximum atomic E-state index is 9.48. The average Bonchev–Trinajstić information content (AvgIpc) is 2.46. The molecule has 2 rings (SSSR count). The SMILES string of the molecule is Cc1ccccc1C(C)NCCCN1CCC(O)CC1. The van der Waals surface area contributed by atoms with Gasteiger partial charge in [0.25, 0.3) is 0 Å². The lowest BCUT2D eigenvalue weighted by Crippen LogP contribution is -2.37. The van der Waals surface area contributed by atoms with Crippen molar-refractivity contribution in [2.24, 2.45) is 0 Å². The van der Waals surface area contributed by atoms with Gasteiger partial charge in [0, 0.05) is 19.1 Å².